The first-order valence-corrected chi connectivity index (χ1v) is 6.98. The second-order valence-electron chi connectivity index (χ2n) is 5.18. The maximum atomic E-state index is 6.43. The molecule has 0 spiro atoms. The number of hydrogen-bond acceptors (Lipinski definition) is 2. The summed E-state index contributed by atoms with van der Waals surface area (Å²) in [5.74, 6) is 0.667. The highest BCUT2D eigenvalue weighted by Gasteiger charge is 2.16. The molecule has 3 heteroatoms. The number of methoxy groups -OCH3 is 1. The minimum Gasteiger partial charge on any atom is -0.495 e. The van der Waals surface area contributed by atoms with E-state index in [-0.39, 0.29) is 6.04 Å². The van der Waals surface area contributed by atoms with Crippen molar-refractivity contribution in [1.29, 1.82) is 0 Å². The molecule has 0 aliphatic carbocycles. The minimum absolute atomic E-state index is 0.181. The first kappa shape index (κ1) is 14.9. The largest absolute Gasteiger partial charge is 0.495 e. The van der Waals surface area contributed by atoms with Gasteiger partial charge < -0.3 is 10.5 Å². The third-order valence-electron chi connectivity index (χ3n) is 3.58. The Morgan fingerprint density at radius 3 is 2.15 bits per heavy atom. The minimum atomic E-state index is -0.181. The molecule has 0 saturated heterocycles. The van der Waals surface area contributed by atoms with E-state index in [1.807, 2.05) is 18.2 Å². The van der Waals surface area contributed by atoms with Crippen LogP contribution in [0, 0.1) is 20.8 Å². The molecule has 1 atom stereocenters. The fourth-order valence-corrected chi connectivity index (χ4v) is 2.99. The smallest absolute Gasteiger partial charge is 0.137 e. The summed E-state index contributed by atoms with van der Waals surface area (Å²) in [5.41, 5.74) is 12.3. The van der Waals surface area contributed by atoms with Crippen molar-refractivity contribution in [3.05, 3.63) is 63.2 Å². The summed E-state index contributed by atoms with van der Waals surface area (Å²) in [6.07, 6.45) is 0. The molecule has 2 nitrogen and oxygen atoms in total. The quantitative estimate of drug-likeness (QED) is 0.913. The highest BCUT2D eigenvalue weighted by Crippen LogP contribution is 2.31. The Kier molecular flexibility index (Phi) is 4.36. The SMILES string of the molecule is COc1ccc(C(N)c2c(C)cc(C)cc2C)cc1Cl. The summed E-state index contributed by atoms with van der Waals surface area (Å²) in [6.45, 7) is 6.29. The molecule has 0 radical (unpaired) electrons. The number of benzene rings is 2. The van der Waals surface area contributed by atoms with Crippen LogP contribution in [0.3, 0.4) is 0 Å². The first-order chi connectivity index (χ1) is 9.43. The second-order valence-corrected chi connectivity index (χ2v) is 5.59. The van der Waals surface area contributed by atoms with E-state index in [0.717, 1.165) is 11.1 Å². The molecule has 0 aromatic heterocycles. The summed E-state index contributed by atoms with van der Waals surface area (Å²) in [6, 6.07) is 9.84. The fourth-order valence-electron chi connectivity index (χ4n) is 2.72. The molecule has 20 heavy (non-hydrogen) atoms. The lowest BCUT2D eigenvalue weighted by atomic mass is 9.90. The monoisotopic (exact) mass is 289 g/mol. The Morgan fingerprint density at radius 2 is 1.65 bits per heavy atom. The maximum absolute atomic E-state index is 6.43. The van der Waals surface area contributed by atoms with Gasteiger partial charge in [0.15, 0.2) is 0 Å². The summed E-state index contributed by atoms with van der Waals surface area (Å²) in [4.78, 5) is 0. The van der Waals surface area contributed by atoms with E-state index in [9.17, 15) is 0 Å². The molecule has 0 saturated carbocycles. The van der Waals surface area contributed by atoms with Gasteiger partial charge in [-0.15, -0.1) is 0 Å². The van der Waals surface area contributed by atoms with Crippen LogP contribution in [0.2, 0.25) is 5.02 Å². The van der Waals surface area contributed by atoms with Crippen molar-refractivity contribution in [3.63, 3.8) is 0 Å². The van der Waals surface area contributed by atoms with Crippen molar-refractivity contribution in [2.75, 3.05) is 7.11 Å². The topological polar surface area (TPSA) is 35.2 Å². The van der Waals surface area contributed by atoms with Crippen LogP contribution >= 0.6 is 11.6 Å². The van der Waals surface area contributed by atoms with E-state index < -0.39 is 0 Å². The van der Waals surface area contributed by atoms with Crippen molar-refractivity contribution >= 4 is 11.6 Å². The fraction of sp³-hybridized carbons (Fsp3) is 0.294. The van der Waals surface area contributed by atoms with E-state index in [4.69, 9.17) is 22.1 Å². The van der Waals surface area contributed by atoms with Crippen molar-refractivity contribution in [2.45, 2.75) is 26.8 Å². The van der Waals surface area contributed by atoms with Crippen LogP contribution in [-0.4, -0.2) is 7.11 Å². The van der Waals surface area contributed by atoms with Crippen molar-refractivity contribution in [2.24, 2.45) is 5.73 Å². The summed E-state index contributed by atoms with van der Waals surface area (Å²) >= 11 is 6.19. The molecule has 2 rings (SSSR count). The number of rotatable bonds is 3. The lowest BCUT2D eigenvalue weighted by Gasteiger charge is -2.19. The highest BCUT2D eigenvalue weighted by atomic mass is 35.5. The number of halogens is 1. The number of hydrogen-bond donors (Lipinski definition) is 1. The van der Waals surface area contributed by atoms with Gasteiger partial charge in [0, 0.05) is 0 Å². The lowest BCUT2D eigenvalue weighted by molar-refractivity contribution is 0.415. The van der Waals surface area contributed by atoms with Crippen LogP contribution in [0.1, 0.15) is 33.9 Å². The third kappa shape index (κ3) is 2.82. The van der Waals surface area contributed by atoms with Gasteiger partial charge in [-0.05, 0) is 55.2 Å². The van der Waals surface area contributed by atoms with Gasteiger partial charge in [0.05, 0.1) is 18.2 Å². The molecule has 0 bridgehead atoms. The van der Waals surface area contributed by atoms with Crippen LogP contribution in [0.15, 0.2) is 30.3 Å². The van der Waals surface area contributed by atoms with E-state index in [1.165, 1.54) is 16.7 Å². The van der Waals surface area contributed by atoms with E-state index in [0.29, 0.717) is 10.8 Å². The number of aryl methyl sites for hydroxylation is 3. The normalized spacial score (nSPS) is 12.3. The van der Waals surface area contributed by atoms with Gasteiger partial charge in [-0.25, -0.2) is 0 Å². The number of ether oxygens (including phenoxy) is 1. The van der Waals surface area contributed by atoms with Crippen molar-refractivity contribution in [3.8, 4) is 5.75 Å². The summed E-state index contributed by atoms with van der Waals surface area (Å²) < 4.78 is 5.18. The molecule has 2 N–H and O–H groups in total. The molecule has 2 aromatic carbocycles. The molecule has 0 aliphatic rings. The second kappa shape index (κ2) is 5.86. The van der Waals surface area contributed by atoms with E-state index >= 15 is 0 Å². The third-order valence-corrected chi connectivity index (χ3v) is 3.88. The van der Waals surface area contributed by atoms with Gasteiger partial charge in [-0.3, -0.25) is 0 Å². The molecule has 0 aliphatic heterocycles. The zero-order valence-electron chi connectivity index (χ0n) is 12.3. The molecule has 0 fully saturated rings. The molecule has 0 heterocycles. The molecular formula is C17H20ClNO. The predicted octanol–water partition coefficient (Wildman–Crippen LogP) is 4.32. The average Bonchev–Trinajstić information content (AvgIpc) is 2.37. The van der Waals surface area contributed by atoms with Gasteiger partial charge >= 0.3 is 0 Å². The van der Waals surface area contributed by atoms with Crippen LogP contribution in [0.4, 0.5) is 0 Å². The Labute approximate surface area is 125 Å². The standard InChI is InChI=1S/C17H20ClNO/c1-10-7-11(2)16(12(3)8-10)17(19)13-5-6-15(20-4)14(18)9-13/h5-9,17H,19H2,1-4H3. The van der Waals surface area contributed by atoms with Gasteiger partial charge in [0.2, 0.25) is 0 Å². The zero-order chi connectivity index (χ0) is 14.9. The first-order valence-electron chi connectivity index (χ1n) is 6.60. The average molecular weight is 290 g/mol. The van der Waals surface area contributed by atoms with Crippen LogP contribution in [-0.2, 0) is 0 Å². The van der Waals surface area contributed by atoms with Crippen molar-refractivity contribution < 1.29 is 4.74 Å². The Hall–Kier alpha value is -1.51. The lowest BCUT2D eigenvalue weighted by Crippen LogP contribution is -2.15. The molecular weight excluding hydrogens is 270 g/mol. The van der Waals surface area contributed by atoms with Gasteiger partial charge in [0.25, 0.3) is 0 Å². The molecule has 106 valence electrons. The van der Waals surface area contributed by atoms with E-state index in [2.05, 4.69) is 32.9 Å². The maximum Gasteiger partial charge on any atom is 0.137 e. The van der Waals surface area contributed by atoms with Crippen LogP contribution in [0.25, 0.3) is 0 Å². The highest BCUT2D eigenvalue weighted by molar-refractivity contribution is 6.32. The zero-order valence-corrected chi connectivity index (χ0v) is 13.1. The Bertz CT molecular complexity index is 614. The van der Waals surface area contributed by atoms with Gasteiger partial charge in [-0.1, -0.05) is 35.4 Å². The van der Waals surface area contributed by atoms with E-state index in [1.54, 1.807) is 7.11 Å². The molecule has 2 aromatic rings. The number of nitrogens with two attached hydrogens (primary N) is 1. The Morgan fingerprint density at radius 1 is 1.05 bits per heavy atom. The molecule has 1 unspecified atom stereocenters. The van der Waals surface area contributed by atoms with Crippen LogP contribution < -0.4 is 10.5 Å². The van der Waals surface area contributed by atoms with Crippen molar-refractivity contribution in [1.82, 2.24) is 0 Å². The predicted molar refractivity (Wildman–Crippen MR) is 84.7 cm³/mol. The molecule has 0 amide bonds. The summed E-state index contributed by atoms with van der Waals surface area (Å²) in [5, 5.41) is 0.586. The summed E-state index contributed by atoms with van der Waals surface area (Å²) in [7, 11) is 1.61. The van der Waals surface area contributed by atoms with Crippen LogP contribution in [0.5, 0.6) is 5.75 Å². The van der Waals surface area contributed by atoms with Gasteiger partial charge in [0.1, 0.15) is 5.75 Å². The Balaban J connectivity index is 2.46. The van der Waals surface area contributed by atoms with Gasteiger partial charge in [-0.2, -0.15) is 0 Å².